The van der Waals surface area contributed by atoms with Crippen LogP contribution in [0.1, 0.15) is 26.7 Å². The number of aliphatic imine (C=N–C) groups is 1. The molecule has 0 spiro atoms. The number of carbonyl (C=O) groups is 2. The fraction of sp³-hybridized carbons (Fsp3) is 0.292. The minimum Gasteiger partial charge on any atom is -0.492 e. The fourth-order valence-corrected chi connectivity index (χ4v) is 4.09. The fourth-order valence-electron chi connectivity index (χ4n) is 3.10. The molecule has 1 atom stereocenters. The highest BCUT2D eigenvalue weighted by Crippen LogP contribution is 2.33. The van der Waals surface area contributed by atoms with E-state index in [0.717, 1.165) is 11.4 Å². The Bertz CT molecular complexity index is 1040. The molecule has 0 aromatic heterocycles. The van der Waals surface area contributed by atoms with Crippen molar-refractivity contribution < 1.29 is 19.1 Å². The third-order valence-corrected chi connectivity index (χ3v) is 5.94. The molecule has 2 N–H and O–H groups in total. The Kier molecular flexibility index (Phi) is 8.33. The van der Waals surface area contributed by atoms with E-state index in [2.05, 4.69) is 10.6 Å². The predicted molar refractivity (Wildman–Crippen MR) is 130 cm³/mol. The third kappa shape index (κ3) is 6.13. The van der Waals surface area contributed by atoms with Crippen LogP contribution in [0.15, 0.2) is 65.3 Å². The standard InChI is InChI=1S/C24H27N3O4S/c1-4-21(24(29)27-19-12-8-9-13-20(19)31-5-2)32-22-14-16(15-23(28)30-3)25-17-10-6-7-11-18(17)26-22/h6-14,21,25H,4-5,15H2,1-3H3,(H,27,29). The molecule has 0 fully saturated rings. The SMILES string of the molecule is CCOc1ccccc1NC(=O)C(CC)SC1=Nc2ccccc2NC(CC(=O)OC)=C1. The lowest BCUT2D eigenvalue weighted by molar-refractivity contribution is -0.139. The Hall–Kier alpha value is -3.26. The van der Waals surface area contributed by atoms with E-state index < -0.39 is 0 Å². The zero-order valence-electron chi connectivity index (χ0n) is 18.4. The van der Waals surface area contributed by atoms with Gasteiger partial charge in [-0.2, -0.15) is 0 Å². The zero-order valence-corrected chi connectivity index (χ0v) is 19.2. The number of para-hydroxylation sites is 4. The highest BCUT2D eigenvalue weighted by molar-refractivity contribution is 8.15. The van der Waals surface area contributed by atoms with Crippen molar-refractivity contribution in [3.05, 3.63) is 60.3 Å². The lowest BCUT2D eigenvalue weighted by Crippen LogP contribution is -2.26. The average molecular weight is 454 g/mol. The number of hydrogen-bond acceptors (Lipinski definition) is 7. The molecular weight excluding hydrogens is 426 g/mol. The number of amides is 1. The number of methoxy groups -OCH3 is 1. The Balaban J connectivity index is 1.83. The number of anilines is 2. The first-order chi connectivity index (χ1) is 15.5. The Morgan fingerprint density at radius 1 is 1.12 bits per heavy atom. The van der Waals surface area contributed by atoms with E-state index in [0.29, 0.717) is 35.2 Å². The van der Waals surface area contributed by atoms with Gasteiger partial charge in [0.25, 0.3) is 0 Å². The van der Waals surface area contributed by atoms with Crippen LogP contribution in [0.4, 0.5) is 17.1 Å². The maximum atomic E-state index is 13.1. The summed E-state index contributed by atoms with van der Waals surface area (Å²) in [5.74, 6) is 0.138. The van der Waals surface area contributed by atoms with Crippen molar-refractivity contribution in [3.8, 4) is 5.75 Å². The quantitative estimate of drug-likeness (QED) is 0.538. The van der Waals surface area contributed by atoms with Crippen molar-refractivity contribution in [1.82, 2.24) is 0 Å². The molecule has 1 heterocycles. The first kappa shape index (κ1) is 23.4. The van der Waals surface area contributed by atoms with Crippen LogP contribution in [0.2, 0.25) is 0 Å². The molecule has 1 unspecified atom stereocenters. The van der Waals surface area contributed by atoms with E-state index in [4.69, 9.17) is 14.5 Å². The molecule has 3 rings (SSSR count). The molecule has 168 valence electrons. The van der Waals surface area contributed by atoms with E-state index in [1.165, 1.54) is 18.9 Å². The molecule has 0 saturated carbocycles. The van der Waals surface area contributed by atoms with Gasteiger partial charge in [0.05, 0.1) is 47.5 Å². The van der Waals surface area contributed by atoms with Crippen LogP contribution in [0.3, 0.4) is 0 Å². The summed E-state index contributed by atoms with van der Waals surface area (Å²) in [6, 6.07) is 14.9. The summed E-state index contributed by atoms with van der Waals surface area (Å²) in [5.41, 5.74) is 2.82. The van der Waals surface area contributed by atoms with Crippen molar-refractivity contribution in [2.24, 2.45) is 4.99 Å². The number of thioether (sulfide) groups is 1. The van der Waals surface area contributed by atoms with Crippen LogP contribution < -0.4 is 15.4 Å². The summed E-state index contributed by atoms with van der Waals surface area (Å²) in [4.78, 5) is 29.6. The van der Waals surface area contributed by atoms with E-state index in [1.807, 2.05) is 62.4 Å². The highest BCUT2D eigenvalue weighted by Gasteiger charge is 2.22. The molecule has 7 nitrogen and oxygen atoms in total. The van der Waals surface area contributed by atoms with Gasteiger partial charge in [0.15, 0.2) is 0 Å². The molecule has 2 aromatic rings. The molecule has 0 saturated heterocycles. The van der Waals surface area contributed by atoms with Crippen molar-refractivity contribution in [2.75, 3.05) is 24.4 Å². The van der Waals surface area contributed by atoms with Gasteiger partial charge in [-0.25, -0.2) is 4.99 Å². The lowest BCUT2D eigenvalue weighted by Gasteiger charge is -2.16. The summed E-state index contributed by atoms with van der Waals surface area (Å²) in [6.07, 6.45) is 2.47. The van der Waals surface area contributed by atoms with Crippen molar-refractivity contribution in [1.29, 1.82) is 0 Å². The molecule has 2 aromatic carbocycles. The maximum absolute atomic E-state index is 13.1. The molecule has 1 amide bonds. The van der Waals surface area contributed by atoms with Gasteiger partial charge in [0.1, 0.15) is 5.75 Å². The van der Waals surface area contributed by atoms with Crippen LogP contribution in [-0.4, -0.2) is 35.9 Å². The summed E-state index contributed by atoms with van der Waals surface area (Å²) in [7, 11) is 1.36. The molecule has 0 bridgehead atoms. The topological polar surface area (TPSA) is 89.0 Å². The van der Waals surface area contributed by atoms with Gasteiger partial charge in [-0.05, 0) is 43.7 Å². The Morgan fingerprint density at radius 3 is 2.62 bits per heavy atom. The van der Waals surface area contributed by atoms with Crippen molar-refractivity contribution in [3.63, 3.8) is 0 Å². The zero-order chi connectivity index (χ0) is 22.9. The normalized spacial score (nSPS) is 13.5. The van der Waals surface area contributed by atoms with E-state index in [-0.39, 0.29) is 23.5 Å². The summed E-state index contributed by atoms with van der Waals surface area (Å²) < 4.78 is 10.4. The predicted octanol–water partition coefficient (Wildman–Crippen LogP) is 5.14. The average Bonchev–Trinajstić information content (AvgIpc) is 2.97. The maximum Gasteiger partial charge on any atom is 0.311 e. The minimum absolute atomic E-state index is 0.0785. The number of esters is 1. The number of benzene rings is 2. The minimum atomic E-state index is -0.385. The van der Waals surface area contributed by atoms with Crippen LogP contribution in [-0.2, 0) is 14.3 Å². The van der Waals surface area contributed by atoms with Gasteiger partial charge in [0, 0.05) is 5.70 Å². The van der Waals surface area contributed by atoms with E-state index in [9.17, 15) is 9.59 Å². The van der Waals surface area contributed by atoms with Crippen LogP contribution in [0.5, 0.6) is 5.75 Å². The monoisotopic (exact) mass is 453 g/mol. The summed E-state index contributed by atoms with van der Waals surface area (Å²) in [6.45, 7) is 4.36. The third-order valence-electron chi connectivity index (χ3n) is 4.66. The Labute approximate surface area is 192 Å². The molecule has 1 aliphatic heterocycles. The molecule has 0 aliphatic carbocycles. The van der Waals surface area contributed by atoms with Crippen molar-refractivity contribution >= 4 is 45.7 Å². The lowest BCUT2D eigenvalue weighted by atomic mass is 10.2. The number of rotatable bonds is 8. The number of ether oxygens (including phenoxy) is 2. The smallest absolute Gasteiger partial charge is 0.311 e. The number of carbonyl (C=O) groups excluding carboxylic acids is 2. The molecule has 32 heavy (non-hydrogen) atoms. The number of hydrogen-bond donors (Lipinski definition) is 2. The van der Waals surface area contributed by atoms with Gasteiger partial charge in [0.2, 0.25) is 5.91 Å². The second kappa shape index (κ2) is 11.4. The van der Waals surface area contributed by atoms with Crippen LogP contribution in [0.25, 0.3) is 0 Å². The van der Waals surface area contributed by atoms with Gasteiger partial charge in [-0.1, -0.05) is 43.0 Å². The number of fused-ring (bicyclic) bond motifs is 1. The molecular formula is C24H27N3O4S. The van der Waals surface area contributed by atoms with Crippen LogP contribution in [0, 0.1) is 0 Å². The molecule has 0 radical (unpaired) electrons. The van der Waals surface area contributed by atoms with Gasteiger partial charge < -0.3 is 20.1 Å². The largest absolute Gasteiger partial charge is 0.492 e. The van der Waals surface area contributed by atoms with Gasteiger partial charge in [-0.3, -0.25) is 9.59 Å². The second-order valence-electron chi connectivity index (χ2n) is 6.95. The van der Waals surface area contributed by atoms with Crippen LogP contribution >= 0.6 is 11.8 Å². The summed E-state index contributed by atoms with van der Waals surface area (Å²) >= 11 is 1.36. The second-order valence-corrected chi connectivity index (χ2v) is 8.17. The number of nitrogens with one attached hydrogen (secondary N) is 2. The van der Waals surface area contributed by atoms with Gasteiger partial charge >= 0.3 is 5.97 Å². The first-order valence-corrected chi connectivity index (χ1v) is 11.3. The van der Waals surface area contributed by atoms with Crippen molar-refractivity contribution in [2.45, 2.75) is 31.9 Å². The molecule has 1 aliphatic rings. The van der Waals surface area contributed by atoms with Gasteiger partial charge in [-0.15, -0.1) is 0 Å². The van der Waals surface area contributed by atoms with E-state index >= 15 is 0 Å². The first-order valence-electron chi connectivity index (χ1n) is 10.5. The molecule has 8 heteroatoms. The summed E-state index contributed by atoms with van der Waals surface area (Å²) in [5, 5.41) is 6.48. The van der Waals surface area contributed by atoms with E-state index in [1.54, 1.807) is 6.08 Å². The number of nitrogens with zero attached hydrogens (tertiary/aromatic N) is 1. The Morgan fingerprint density at radius 2 is 1.88 bits per heavy atom. The highest BCUT2D eigenvalue weighted by atomic mass is 32.2.